The van der Waals surface area contributed by atoms with Crippen LogP contribution < -0.4 is 5.43 Å². The van der Waals surface area contributed by atoms with Crippen molar-refractivity contribution in [3.63, 3.8) is 0 Å². The molecule has 36 heavy (non-hydrogen) atoms. The Kier molecular flexibility index (Phi) is 5.89. The maximum absolute atomic E-state index is 13.0. The fourth-order valence-corrected chi connectivity index (χ4v) is 4.25. The summed E-state index contributed by atoms with van der Waals surface area (Å²) in [5.74, 6) is 0. The second kappa shape index (κ2) is 9.18. The number of hydrogen-bond acceptors (Lipinski definition) is 4. The van der Waals surface area contributed by atoms with Crippen LogP contribution in [0.5, 0.6) is 0 Å². The Morgan fingerprint density at radius 3 is 2.44 bits per heavy atom. The number of nitrogens with one attached hydrogen (secondary N) is 1. The first-order chi connectivity index (χ1) is 17.3. The van der Waals surface area contributed by atoms with Crippen molar-refractivity contribution in [2.75, 3.05) is 5.43 Å². The van der Waals surface area contributed by atoms with Crippen LogP contribution in [0.1, 0.15) is 16.7 Å². The Hall–Kier alpha value is -4.66. The van der Waals surface area contributed by atoms with Gasteiger partial charge >= 0.3 is 6.18 Å². The maximum Gasteiger partial charge on any atom is 0.416 e. The second-order valence-electron chi connectivity index (χ2n) is 8.22. The molecule has 0 amide bonds. The summed E-state index contributed by atoms with van der Waals surface area (Å²) < 4.78 is 41.0. The van der Waals surface area contributed by atoms with Gasteiger partial charge in [0.1, 0.15) is 5.69 Å². The highest BCUT2D eigenvalue weighted by Crippen LogP contribution is 2.35. The number of hydrogen-bond donors (Lipinski definition) is 1. The molecule has 0 saturated heterocycles. The number of hydrazone groups is 1. The van der Waals surface area contributed by atoms with Crippen molar-refractivity contribution in [1.29, 1.82) is 0 Å². The van der Waals surface area contributed by atoms with E-state index in [2.05, 4.69) is 39.4 Å². The third kappa shape index (κ3) is 4.50. The number of rotatable bonds is 6. The summed E-state index contributed by atoms with van der Waals surface area (Å²) in [6.07, 6.45) is -1.25. The van der Waals surface area contributed by atoms with E-state index in [1.165, 1.54) is 6.21 Å². The van der Waals surface area contributed by atoms with E-state index in [0.717, 1.165) is 44.9 Å². The zero-order valence-corrected chi connectivity index (χ0v) is 18.7. The van der Waals surface area contributed by atoms with Crippen molar-refractivity contribution >= 4 is 39.3 Å². The van der Waals surface area contributed by atoms with E-state index in [1.54, 1.807) is 0 Å². The van der Waals surface area contributed by atoms with Crippen LogP contribution in [0.4, 0.5) is 24.5 Å². The molecule has 0 bridgehead atoms. The van der Waals surface area contributed by atoms with Gasteiger partial charge in [0.05, 0.1) is 16.7 Å². The monoisotopic (exact) mass is 488 g/mol. The zero-order valence-electron chi connectivity index (χ0n) is 18.7. The van der Waals surface area contributed by atoms with E-state index in [4.69, 9.17) is 0 Å². The predicted molar refractivity (Wildman–Crippen MR) is 134 cm³/mol. The van der Waals surface area contributed by atoms with Crippen molar-refractivity contribution < 1.29 is 18.1 Å². The van der Waals surface area contributed by atoms with E-state index < -0.39 is 22.4 Å². The Balaban J connectivity index is 1.46. The summed E-state index contributed by atoms with van der Waals surface area (Å²) in [5, 5.41) is 18.6. The quantitative estimate of drug-likeness (QED) is 0.156. The average molecular weight is 488 g/mol. The lowest BCUT2D eigenvalue weighted by atomic mass is 10.0. The number of para-hydroxylation sites is 1. The van der Waals surface area contributed by atoms with Gasteiger partial charge in [-0.05, 0) is 34.5 Å². The van der Waals surface area contributed by atoms with Crippen LogP contribution in [0.25, 0.3) is 21.7 Å². The van der Waals surface area contributed by atoms with Crippen molar-refractivity contribution in [3.05, 3.63) is 118 Å². The number of anilines is 1. The van der Waals surface area contributed by atoms with Crippen LogP contribution in [-0.4, -0.2) is 15.7 Å². The molecule has 180 valence electrons. The van der Waals surface area contributed by atoms with Crippen LogP contribution in [0.2, 0.25) is 0 Å². The fourth-order valence-electron chi connectivity index (χ4n) is 4.25. The molecule has 0 unspecified atom stereocenters. The van der Waals surface area contributed by atoms with Crippen LogP contribution in [-0.2, 0) is 12.7 Å². The van der Waals surface area contributed by atoms with E-state index >= 15 is 0 Å². The molecule has 4 aromatic carbocycles. The van der Waals surface area contributed by atoms with E-state index in [0.29, 0.717) is 12.6 Å². The maximum atomic E-state index is 13.0. The topological polar surface area (TPSA) is 72.5 Å². The SMILES string of the molecule is O=[N+]([O-])c1cc(C(F)(F)F)ccc1NN=Cc1cn(Cc2cccc3ccccc23)c2ccccc12. The molecule has 0 aliphatic heterocycles. The largest absolute Gasteiger partial charge is 0.416 e. The summed E-state index contributed by atoms with van der Waals surface area (Å²) in [7, 11) is 0. The Morgan fingerprint density at radius 1 is 0.944 bits per heavy atom. The number of halogens is 3. The van der Waals surface area contributed by atoms with Crippen molar-refractivity contribution in [3.8, 4) is 0 Å². The number of alkyl halides is 3. The highest BCUT2D eigenvalue weighted by atomic mass is 19.4. The molecule has 0 saturated carbocycles. The van der Waals surface area contributed by atoms with E-state index in [1.807, 2.05) is 48.7 Å². The van der Waals surface area contributed by atoms with Gasteiger partial charge in [-0.25, -0.2) is 0 Å². The average Bonchev–Trinajstić information content (AvgIpc) is 3.21. The van der Waals surface area contributed by atoms with Gasteiger partial charge in [-0.3, -0.25) is 15.5 Å². The van der Waals surface area contributed by atoms with Crippen molar-refractivity contribution in [1.82, 2.24) is 4.57 Å². The van der Waals surface area contributed by atoms with Gasteiger partial charge in [0.15, 0.2) is 0 Å². The second-order valence-corrected chi connectivity index (χ2v) is 8.22. The van der Waals surface area contributed by atoms with Crippen LogP contribution in [0.15, 0.2) is 96.2 Å². The minimum atomic E-state index is -4.68. The number of nitro groups is 1. The lowest BCUT2D eigenvalue weighted by Gasteiger charge is -2.09. The number of benzene rings is 4. The standard InChI is InChI=1S/C27H19F3N4O2/c28-27(29,30)21-12-13-24(26(14-21)34(35)36)32-31-15-20-17-33(25-11-4-3-10-23(20)25)16-19-8-5-7-18-6-1-2-9-22(18)19/h1-15,17,32H,16H2. The molecule has 6 nitrogen and oxygen atoms in total. The van der Waals surface area contributed by atoms with Gasteiger partial charge in [-0.15, -0.1) is 0 Å². The Labute approximate surface area is 203 Å². The van der Waals surface area contributed by atoms with E-state index in [-0.39, 0.29) is 5.69 Å². The molecule has 1 N–H and O–H groups in total. The van der Waals surface area contributed by atoms with Gasteiger partial charge in [-0.1, -0.05) is 60.7 Å². The predicted octanol–water partition coefficient (Wildman–Crippen LogP) is 7.22. The smallest absolute Gasteiger partial charge is 0.342 e. The number of fused-ring (bicyclic) bond motifs is 2. The molecule has 0 atom stereocenters. The van der Waals surface area contributed by atoms with Crippen molar-refractivity contribution in [2.45, 2.75) is 12.7 Å². The van der Waals surface area contributed by atoms with Gasteiger partial charge < -0.3 is 4.57 Å². The first kappa shape index (κ1) is 23.1. The summed E-state index contributed by atoms with van der Waals surface area (Å²) in [6, 6.07) is 24.4. The molecule has 5 aromatic rings. The summed E-state index contributed by atoms with van der Waals surface area (Å²) in [4.78, 5) is 10.5. The summed E-state index contributed by atoms with van der Waals surface area (Å²) >= 11 is 0. The molecular formula is C27H19F3N4O2. The Morgan fingerprint density at radius 2 is 1.67 bits per heavy atom. The van der Waals surface area contributed by atoms with Crippen LogP contribution in [0.3, 0.4) is 0 Å². The zero-order chi connectivity index (χ0) is 25.3. The van der Waals surface area contributed by atoms with Crippen LogP contribution >= 0.6 is 0 Å². The van der Waals surface area contributed by atoms with Gasteiger partial charge in [-0.2, -0.15) is 18.3 Å². The van der Waals surface area contributed by atoms with Crippen molar-refractivity contribution in [2.24, 2.45) is 5.10 Å². The number of nitro benzene ring substituents is 1. The minimum absolute atomic E-state index is 0.135. The molecule has 9 heteroatoms. The van der Waals surface area contributed by atoms with Gasteiger partial charge in [0, 0.05) is 35.3 Å². The highest BCUT2D eigenvalue weighted by Gasteiger charge is 2.33. The van der Waals surface area contributed by atoms with Crippen LogP contribution in [0, 0.1) is 10.1 Å². The fraction of sp³-hybridized carbons (Fsp3) is 0.0741. The molecule has 0 spiro atoms. The molecular weight excluding hydrogens is 469 g/mol. The first-order valence-corrected chi connectivity index (χ1v) is 11.0. The van der Waals surface area contributed by atoms with Gasteiger partial charge in [0.2, 0.25) is 0 Å². The molecule has 1 heterocycles. The molecule has 0 aliphatic carbocycles. The lowest BCUT2D eigenvalue weighted by molar-refractivity contribution is -0.384. The van der Waals surface area contributed by atoms with E-state index in [9.17, 15) is 23.3 Å². The minimum Gasteiger partial charge on any atom is -0.342 e. The number of nitrogens with zero attached hydrogens (tertiary/aromatic N) is 3. The Bertz CT molecular complexity index is 1620. The molecule has 5 rings (SSSR count). The normalized spacial score (nSPS) is 12.0. The van der Waals surface area contributed by atoms with Gasteiger partial charge in [0.25, 0.3) is 5.69 Å². The third-order valence-corrected chi connectivity index (χ3v) is 5.95. The summed E-state index contributed by atoms with van der Waals surface area (Å²) in [6.45, 7) is 0.619. The molecule has 0 fully saturated rings. The summed E-state index contributed by atoms with van der Waals surface area (Å²) in [5.41, 5.74) is 3.47. The first-order valence-electron chi connectivity index (χ1n) is 11.0. The third-order valence-electron chi connectivity index (χ3n) is 5.95. The molecule has 0 aliphatic rings. The number of aromatic nitrogens is 1. The highest BCUT2D eigenvalue weighted by molar-refractivity contribution is 5.99. The molecule has 1 aromatic heterocycles. The molecule has 0 radical (unpaired) electrons. The lowest BCUT2D eigenvalue weighted by Crippen LogP contribution is -2.06.